The van der Waals surface area contributed by atoms with Crippen LogP contribution in [0.15, 0.2) is 84.9 Å². The van der Waals surface area contributed by atoms with Crippen LogP contribution < -0.4 is 21.4 Å². The molecule has 0 heterocycles. The van der Waals surface area contributed by atoms with E-state index in [1.807, 2.05) is 67.6 Å². The summed E-state index contributed by atoms with van der Waals surface area (Å²) < 4.78 is 0. The average molecular weight is 499 g/mol. The van der Waals surface area contributed by atoms with Crippen molar-refractivity contribution in [3.63, 3.8) is 0 Å². The van der Waals surface area contributed by atoms with E-state index in [0.29, 0.717) is 5.56 Å². The van der Waals surface area contributed by atoms with Crippen molar-refractivity contribution in [2.45, 2.75) is 32.0 Å². The number of hydrogen-bond donors (Lipinski definition) is 5. The molecular weight excluding hydrogens is 468 g/mol. The number of hydroxylamine groups is 1. The first-order chi connectivity index (χ1) is 17.9. The van der Waals surface area contributed by atoms with E-state index in [-0.39, 0.29) is 18.5 Å². The fourth-order valence-electron chi connectivity index (χ4n) is 3.58. The molecule has 0 aliphatic heterocycles. The fraction of sp³-hybridized carbons (Fsp3) is 0.207. The molecule has 3 rings (SSSR count). The lowest BCUT2D eigenvalue weighted by Crippen LogP contribution is -2.58. The highest BCUT2D eigenvalue weighted by atomic mass is 16.5. The predicted molar refractivity (Wildman–Crippen MR) is 141 cm³/mol. The van der Waals surface area contributed by atoms with Crippen LogP contribution in [0.2, 0.25) is 0 Å². The SMILES string of the molecule is C[C@@H](NCC(=O)N[C@H](C)[C@H](NC(=O)c1ccc(C#Cc2ccccc2)cc1)C(=O)NO)c1ccccc1. The largest absolute Gasteiger partial charge is 0.350 e. The summed E-state index contributed by atoms with van der Waals surface area (Å²) in [5.41, 5.74) is 4.49. The maximum atomic E-state index is 12.8. The van der Waals surface area contributed by atoms with Gasteiger partial charge < -0.3 is 16.0 Å². The Morgan fingerprint density at radius 2 is 1.35 bits per heavy atom. The quantitative estimate of drug-likeness (QED) is 0.177. The molecule has 0 aliphatic carbocycles. The Hall–Kier alpha value is -4.45. The van der Waals surface area contributed by atoms with Gasteiger partial charge in [-0.1, -0.05) is 60.4 Å². The molecule has 3 atom stereocenters. The van der Waals surface area contributed by atoms with Gasteiger partial charge in [0.15, 0.2) is 0 Å². The molecule has 5 N–H and O–H groups in total. The van der Waals surface area contributed by atoms with E-state index in [4.69, 9.17) is 0 Å². The molecule has 37 heavy (non-hydrogen) atoms. The van der Waals surface area contributed by atoms with Crippen molar-refractivity contribution in [2.75, 3.05) is 6.54 Å². The normalized spacial score (nSPS) is 12.7. The van der Waals surface area contributed by atoms with Crippen LogP contribution in [0.1, 0.15) is 46.9 Å². The van der Waals surface area contributed by atoms with Gasteiger partial charge in [-0.25, -0.2) is 5.48 Å². The summed E-state index contributed by atoms with van der Waals surface area (Å²) in [5, 5.41) is 17.6. The van der Waals surface area contributed by atoms with Gasteiger partial charge in [-0.3, -0.25) is 19.6 Å². The topological polar surface area (TPSA) is 120 Å². The maximum absolute atomic E-state index is 12.8. The lowest BCUT2D eigenvalue weighted by atomic mass is 10.1. The van der Waals surface area contributed by atoms with E-state index in [2.05, 4.69) is 27.8 Å². The molecule has 0 aromatic heterocycles. The van der Waals surface area contributed by atoms with E-state index in [0.717, 1.165) is 16.7 Å². The first kappa shape index (κ1) is 27.1. The minimum atomic E-state index is -1.20. The smallest absolute Gasteiger partial charge is 0.268 e. The molecule has 0 spiro atoms. The van der Waals surface area contributed by atoms with Gasteiger partial charge in [0.05, 0.1) is 12.6 Å². The van der Waals surface area contributed by atoms with Crippen molar-refractivity contribution in [1.82, 2.24) is 21.4 Å². The third-order valence-corrected chi connectivity index (χ3v) is 5.71. The van der Waals surface area contributed by atoms with E-state index in [1.54, 1.807) is 36.7 Å². The summed E-state index contributed by atoms with van der Waals surface area (Å²) in [6, 6.07) is 23.7. The Morgan fingerprint density at radius 3 is 1.95 bits per heavy atom. The van der Waals surface area contributed by atoms with Crippen LogP contribution in [0.3, 0.4) is 0 Å². The molecular formula is C29H30N4O4. The molecule has 0 radical (unpaired) electrons. The maximum Gasteiger partial charge on any atom is 0.268 e. The summed E-state index contributed by atoms with van der Waals surface area (Å²) >= 11 is 0. The van der Waals surface area contributed by atoms with Crippen LogP contribution in [0.5, 0.6) is 0 Å². The van der Waals surface area contributed by atoms with Gasteiger partial charge in [0.1, 0.15) is 6.04 Å². The van der Waals surface area contributed by atoms with Crippen LogP contribution in [0.25, 0.3) is 0 Å². The van der Waals surface area contributed by atoms with Crippen LogP contribution >= 0.6 is 0 Å². The minimum absolute atomic E-state index is 0.00723. The molecule has 3 amide bonds. The van der Waals surface area contributed by atoms with Crippen LogP contribution in [-0.4, -0.2) is 41.6 Å². The van der Waals surface area contributed by atoms with Gasteiger partial charge in [-0.2, -0.15) is 0 Å². The number of benzene rings is 3. The molecule has 0 saturated carbocycles. The van der Waals surface area contributed by atoms with Crippen molar-refractivity contribution in [3.05, 3.63) is 107 Å². The van der Waals surface area contributed by atoms with Gasteiger partial charge in [0.2, 0.25) is 5.91 Å². The van der Waals surface area contributed by atoms with E-state index in [1.165, 1.54) is 0 Å². The number of hydrogen-bond acceptors (Lipinski definition) is 5. The molecule has 0 fully saturated rings. The molecule has 8 nitrogen and oxygen atoms in total. The fourth-order valence-corrected chi connectivity index (χ4v) is 3.58. The molecule has 0 saturated heterocycles. The number of nitrogens with one attached hydrogen (secondary N) is 4. The van der Waals surface area contributed by atoms with Gasteiger partial charge in [-0.15, -0.1) is 0 Å². The second-order valence-electron chi connectivity index (χ2n) is 8.49. The summed E-state index contributed by atoms with van der Waals surface area (Å²) in [6.07, 6.45) is 0. The van der Waals surface area contributed by atoms with E-state index < -0.39 is 23.9 Å². The highest BCUT2D eigenvalue weighted by Crippen LogP contribution is 2.10. The molecule has 0 aliphatic rings. The Kier molecular flexibility index (Phi) is 9.97. The zero-order valence-corrected chi connectivity index (χ0v) is 20.7. The van der Waals surface area contributed by atoms with E-state index >= 15 is 0 Å². The number of rotatable bonds is 9. The lowest BCUT2D eigenvalue weighted by molar-refractivity contribution is -0.132. The number of carbonyl (C=O) groups excluding carboxylic acids is 3. The minimum Gasteiger partial charge on any atom is -0.350 e. The van der Waals surface area contributed by atoms with Gasteiger partial charge in [0.25, 0.3) is 11.8 Å². The zero-order chi connectivity index (χ0) is 26.6. The predicted octanol–water partition coefficient (Wildman–Crippen LogP) is 2.55. The summed E-state index contributed by atoms with van der Waals surface area (Å²) in [5.74, 6) is 4.34. The highest BCUT2D eigenvalue weighted by Gasteiger charge is 2.28. The van der Waals surface area contributed by atoms with Gasteiger partial charge in [-0.05, 0) is 55.8 Å². The second-order valence-corrected chi connectivity index (χ2v) is 8.49. The first-order valence-corrected chi connectivity index (χ1v) is 11.9. The molecule has 3 aromatic rings. The lowest BCUT2D eigenvalue weighted by Gasteiger charge is -2.24. The monoisotopic (exact) mass is 498 g/mol. The summed E-state index contributed by atoms with van der Waals surface area (Å²) in [7, 11) is 0. The summed E-state index contributed by atoms with van der Waals surface area (Å²) in [6.45, 7) is 3.51. The van der Waals surface area contributed by atoms with Gasteiger partial charge in [0, 0.05) is 22.7 Å². The van der Waals surface area contributed by atoms with Crippen molar-refractivity contribution in [3.8, 4) is 11.8 Å². The molecule has 8 heteroatoms. The molecule has 3 aromatic carbocycles. The first-order valence-electron chi connectivity index (χ1n) is 11.9. The van der Waals surface area contributed by atoms with Crippen molar-refractivity contribution in [2.24, 2.45) is 0 Å². The van der Waals surface area contributed by atoms with Crippen LogP contribution in [0, 0.1) is 11.8 Å². The Morgan fingerprint density at radius 1 is 0.784 bits per heavy atom. The summed E-state index contributed by atoms with van der Waals surface area (Å²) in [4.78, 5) is 37.5. The Balaban J connectivity index is 1.58. The molecule has 190 valence electrons. The standard InChI is InChI=1S/C29H30N4O4/c1-20(24-11-7-4-8-12-24)30-19-26(34)31-21(2)27(29(36)33-37)32-28(35)25-17-15-23(16-18-25)14-13-22-9-5-3-6-10-22/h3-12,15-18,20-21,27,30,37H,19H2,1-2H3,(H,31,34)(H,32,35)(H,33,36)/t20-,21-,27+/m1/s1. The van der Waals surface area contributed by atoms with Crippen molar-refractivity contribution in [1.29, 1.82) is 0 Å². The Labute approximate surface area is 216 Å². The third kappa shape index (κ3) is 8.32. The molecule has 0 unspecified atom stereocenters. The van der Waals surface area contributed by atoms with Crippen molar-refractivity contribution < 1.29 is 19.6 Å². The Bertz CT molecular complexity index is 1250. The van der Waals surface area contributed by atoms with Gasteiger partial charge >= 0.3 is 0 Å². The van der Waals surface area contributed by atoms with Crippen LogP contribution in [0.4, 0.5) is 0 Å². The third-order valence-electron chi connectivity index (χ3n) is 5.71. The highest BCUT2D eigenvalue weighted by molar-refractivity contribution is 5.98. The van der Waals surface area contributed by atoms with E-state index in [9.17, 15) is 19.6 Å². The number of amides is 3. The second kappa shape index (κ2) is 13.6. The average Bonchev–Trinajstić information content (AvgIpc) is 2.94. The number of carbonyl (C=O) groups is 3. The zero-order valence-electron chi connectivity index (χ0n) is 20.7. The van der Waals surface area contributed by atoms with Crippen LogP contribution in [-0.2, 0) is 9.59 Å². The molecule has 0 bridgehead atoms. The van der Waals surface area contributed by atoms with Crippen molar-refractivity contribution >= 4 is 17.7 Å².